The highest BCUT2D eigenvalue weighted by Crippen LogP contribution is 2.35. The molecule has 0 radical (unpaired) electrons. The van der Waals surface area contributed by atoms with E-state index in [1.165, 1.54) is 0 Å². The number of nitrogens with zero attached hydrogens (tertiary/aromatic N) is 1. The van der Waals surface area contributed by atoms with E-state index in [-0.39, 0.29) is 15.2 Å². The van der Waals surface area contributed by atoms with Crippen molar-refractivity contribution in [1.82, 2.24) is 4.98 Å². The number of carboxylic acid groups (broad SMARTS) is 1. The first kappa shape index (κ1) is 13.8. The Morgan fingerprint density at radius 3 is 2.68 bits per heavy atom. The van der Waals surface area contributed by atoms with E-state index in [4.69, 9.17) is 21.4 Å². The van der Waals surface area contributed by atoms with Gasteiger partial charge in [0.15, 0.2) is 10.0 Å². The third-order valence-electron chi connectivity index (χ3n) is 2.50. The number of hydrogen-bond acceptors (Lipinski definition) is 4. The monoisotopic (exact) mass is 297 g/mol. The van der Waals surface area contributed by atoms with Gasteiger partial charge in [0.05, 0.1) is 0 Å². The zero-order chi connectivity index (χ0) is 14.0. The standard InChI is InChI=1S/C13H12ClNO3S/c1-7(2)8-5-3-4-6-9(8)18-13-15-11(14)10(19-13)12(16)17/h3-7H,1-2H3,(H,16,17). The molecule has 1 heterocycles. The van der Waals surface area contributed by atoms with Crippen LogP contribution >= 0.6 is 22.9 Å². The van der Waals surface area contributed by atoms with E-state index in [0.717, 1.165) is 16.9 Å². The minimum absolute atomic E-state index is 0.0151. The molecule has 4 nitrogen and oxygen atoms in total. The predicted octanol–water partition coefficient (Wildman–Crippen LogP) is 4.41. The molecule has 0 fully saturated rings. The second-order valence-electron chi connectivity index (χ2n) is 4.20. The number of carbonyl (C=O) groups is 1. The third-order valence-corrected chi connectivity index (χ3v) is 3.81. The maximum Gasteiger partial charge on any atom is 0.349 e. The van der Waals surface area contributed by atoms with Crippen molar-refractivity contribution in [2.45, 2.75) is 19.8 Å². The molecule has 1 aromatic carbocycles. The van der Waals surface area contributed by atoms with Crippen molar-refractivity contribution < 1.29 is 14.6 Å². The average Bonchev–Trinajstić information content (AvgIpc) is 2.71. The van der Waals surface area contributed by atoms with Crippen LogP contribution in [-0.4, -0.2) is 16.1 Å². The molecule has 0 aliphatic heterocycles. The van der Waals surface area contributed by atoms with Gasteiger partial charge < -0.3 is 9.84 Å². The van der Waals surface area contributed by atoms with E-state index < -0.39 is 5.97 Å². The summed E-state index contributed by atoms with van der Waals surface area (Å²) in [6.07, 6.45) is 0. The van der Waals surface area contributed by atoms with Crippen molar-refractivity contribution in [2.75, 3.05) is 0 Å². The SMILES string of the molecule is CC(C)c1ccccc1Oc1nc(Cl)c(C(=O)O)s1. The van der Waals surface area contributed by atoms with Crippen LogP contribution in [0.5, 0.6) is 10.9 Å². The van der Waals surface area contributed by atoms with E-state index in [2.05, 4.69) is 18.8 Å². The van der Waals surface area contributed by atoms with Gasteiger partial charge in [0.25, 0.3) is 5.19 Å². The molecule has 6 heteroatoms. The topological polar surface area (TPSA) is 59.4 Å². The van der Waals surface area contributed by atoms with Gasteiger partial charge in [0.1, 0.15) is 5.75 Å². The van der Waals surface area contributed by atoms with Gasteiger partial charge >= 0.3 is 5.97 Å². The maximum atomic E-state index is 10.9. The molecular formula is C13H12ClNO3S. The van der Waals surface area contributed by atoms with Crippen LogP contribution in [0, 0.1) is 0 Å². The van der Waals surface area contributed by atoms with Gasteiger partial charge in [0, 0.05) is 0 Å². The van der Waals surface area contributed by atoms with E-state index in [9.17, 15) is 4.79 Å². The molecule has 0 aliphatic rings. The fourth-order valence-electron chi connectivity index (χ4n) is 1.60. The third kappa shape index (κ3) is 3.05. The molecule has 19 heavy (non-hydrogen) atoms. The molecule has 0 aliphatic carbocycles. The normalized spacial score (nSPS) is 10.7. The van der Waals surface area contributed by atoms with E-state index in [1.807, 2.05) is 24.3 Å². The van der Waals surface area contributed by atoms with Gasteiger partial charge in [-0.3, -0.25) is 0 Å². The van der Waals surface area contributed by atoms with Crippen molar-refractivity contribution in [3.8, 4) is 10.9 Å². The molecular weight excluding hydrogens is 286 g/mol. The Bertz CT molecular complexity index is 610. The zero-order valence-corrected chi connectivity index (χ0v) is 12.0. The van der Waals surface area contributed by atoms with Crippen LogP contribution in [-0.2, 0) is 0 Å². The summed E-state index contributed by atoms with van der Waals surface area (Å²) in [4.78, 5) is 14.8. The Labute approximate surface area is 119 Å². The van der Waals surface area contributed by atoms with Gasteiger partial charge in [-0.25, -0.2) is 4.79 Å². The Morgan fingerprint density at radius 1 is 1.42 bits per heavy atom. The zero-order valence-electron chi connectivity index (χ0n) is 10.4. The second-order valence-corrected chi connectivity index (χ2v) is 5.52. The molecule has 0 saturated heterocycles. The maximum absolute atomic E-state index is 10.9. The van der Waals surface area contributed by atoms with Crippen molar-refractivity contribution in [2.24, 2.45) is 0 Å². The van der Waals surface area contributed by atoms with Crippen LogP contribution in [0.15, 0.2) is 24.3 Å². The van der Waals surface area contributed by atoms with Gasteiger partial charge in [-0.15, -0.1) is 0 Å². The van der Waals surface area contributed by atoms with Crippen molar-refractivity contribution in [3.63, 3.8) is 0 Å². The Morgan fingerprint density at radius 2 is 2.11 bits per heavy atom. The van der Waals surface area contributed by atoms with Crippen LogP contribution in [0.25, 0.3) is 0 Å². The molecule has 1 aromatic heterocycles. The number of hydrogen-bond donors (Lipinski definition) is 1. The molecule has 2 rings (SSSR count). The number of thiazole rings is 1. The largest absolute Gasteiger partial charge is 0.477 e. The minimum Gasteiger partial charge on any atom is -0.477 e. The molecule has 0 saturated carbocycles. The van der Waals surface area contributed by atoms with E-state index in [0.29, 0.717) is 11.7 Å². The summed E-state index contributed by atoms with van der Waals surface area (Å²) in [7, 11) is 0. The molecule has 100 valence electrons. The molecule has 0 atom stereocenters. The van der Waals surface area contributed by atoms with Crippen molar-refractivity contribution >= 4 is 28.9 Å². The Kier molecular flexibility index (Phi) is 4.07. The number of ether oxygens (including phenoxy) is 1. The van der Waals surface area contributed by atoms with Crippen LogP contribution in [0.1, 0.15) is 35.0 Å². The van der Waals surface area contributed by atoms with E-state index in [1.54, 1.807) is 0 Å². The number of benzene rings is 1. The lowest BCUT2D eigenvalue weighted by Crippen LogP contribution is -1.93. The summed E-state index contributed by atoms with van der Waals surface area (Å²) in [6, 6.07) is 7.58. The summed E-state index contributed by atoms with van der Waals surface area (Å²) in [5.41, 5.74) is 1.03. The van der Waals surface area contributed by atoms with Crippen LogP contribution in [0.4, 0.5) is 0 Å². The Hall–Kier alpha value is -1.59. The van der Waals surface area contributed by atoms with E-state index >= 15 is 0 Å². The van der Waals surface area contributed by atoms with Crippen LogP contribution < -0.4 is 4.74 Å². The number of para-hydroxylation sites is 1. The summed E-state index contributed by atoms with van der Waals surface area (Å²) in [5, 5.41) is 9.10. The molecule has 2 aromatic rings. The summed E-state index contributed by atoms with van der Waals surface area (Å²) < 4.78 is 5.64. The molecule has 0 unspecified atom stereocenters. The molecule has 0 spiro atoms. The summed E-state index contributed by atoms with van der Waals surface area (Å²) in [6.45, 7) is 4.11. The number of rotatable bonds is 4. The number of halogens is 1. The second kappa shape index (κ2) is 5.59. The smallest absolute Gasteiger partial charge is 0.349 e. The molecule has 0 bridgehead atoms. The first-order chi connectivity index (χ1) is 8.99. The van der Waals surface area contributed by atoms with Gasteiger partial charge in [0.2, 0.25) is 0 Å². The number of carboxylic acids is 1. The van der Waals surface area contributed by atoms with Crippen LogP contribution in [0.2, 0.25) is 5.15 Å². The van der Waals surface area contributed by atoms with Gasteiger partial charge in [-0.05, 0) is 17.5 Å². The quantitative estimate of drug-likeness (QED) is 0.908. The minimum atomic E-state index is -1.10. The number of aromatic carboxylic acids is 1. The average molecular weight is 298 g/mol. The fraction of sp³-hybridized carbons (Fsp3) is 0.231. The highest BCUT2D eigenvalue weighted by Gasteiger charge is 2.18. The molecule has 0 amide bonds. The lowest BCUT2D eigenvalue weighted by molar-refractivity contribution is 0.0702. The Balaban J connectivity index is 2.31. The fourth-order valence-corrected chi connectivity index (χ4v) is 2.59. The predicted molar refractivity (Wildman–Crippen MR) is 74.7 cm³/mol. The van der Waals surface area contributed by atoms with Crippen molar-refractivity contribution in [1.29, 1.82) is 0 Å². The first-order valence-electron chi connectivity index (χ1n) is 5.65. The van der Waals surface area contributed by atoms with Crippen molar-refractivity contribution in [3.05, 3.63) is 39.9 Å². The van der Waals surface area contributed by atoms with Crippen LogP contribution in [0.3, 0.4) is 0 Å². The lowest BCUT2D eigenvalue weighted by Gasteiger charge is -2.11. The van der Waals surface area contributed by atoms with Gasteiger partial charge in [-0.1, -0.05) is 55.0 Å². The highest BCUT2D eigenvalue weighted by atomic mass is 35.5. The first-order valence-corrected chi connectivity index (χ1v) is 6.85. The summed E-state index contributed by atoms with van der Waals surface area (Å²) in [5.74, 6) is -0.139. The highest BCUT2D eigenvalue weighted by molar-refractivity contribution is 7.15. The number of aromatic nitrogens is 1. The van der Waals surface area contributed by atoms with Gasteiger partial charge in [-0.2, -0.15) is 4.98 Å². The summed E-state index contributed by atoms with van der Waals surface area (Å²) >= 11 is 6.67. The lowest BCUT2D eigenvalue weighted by atomic mass is 10.0. The molecule has 1 N–H and O–H groups in total.